The van der Waals surface area contributed by atoms with Crippen molar-refractivity contribution in [1.82, 2.24) is 0 Å². The highest BCUT2D eigenvalue weighted by Crippen LogP contribution is 2.16. The molecule has 0 saturated heterocycles. The zero-order chi connectivity index (χ0) is 13.7. The molecule has 0 amide bonds. The maximum absolute atomic E-state index is 12.0. The lowest BCUT2D eigenvalue weighted by Crippen LogP contribution is -2.28. The number of nitrogens with zero attached hydrogens (tertiary/aromatic N) is 1. The first-order chi connectivity index (χ1) is 9.09. The molecule has 1 aromatic carbocycles. The standard InChI is InChI=1S/C13H13NO3S2/c15-14-9-5-4-8-13(14)18-10-11-19(16,17)12-6-2-1-3-7-12/h1-9H,10-11H2. The molecule has 0 aliphatic rings. The molecule has 0 saturated carbocycles. The normalized spacial score (nSPS) is 11.4. The molecule has 4 nitrogen and oxygen atoms in total. The first-order valence-corrected chi connectivity index (χ1v) is 8.32. The molecular weight excluding hydrogens is 282 g/mol. The van der Waals surface area contributed by atoms with Gasteiger partial charge < -0.3 is 5.21 Å². The molecular formula is C13H13NO3S2. The van der Waals surface area contributed by atoms with Crippen molar-refractivity contribution in [3.05, 3.63) is 59.9 Å². The molecule has 100 valence electrons. The minimum atomic E-state index is -3.28. The molecule has 1 aromatic heterocycles. The topological polar surface area (TPSA) is 61.1 Å². The van der Waals surface area contributed by atoms with Gasteiger partial charge in [-0.25, -0.2) is 8.42 Å². The van der Waals surface area contributed by atoms with Crippen LogP contribution in [0.4, 0.5) is 0 Å². The van der Waals surface area contributed by atoms with Gasteiger partial charge >= 0.3 is 0 Å². The Morgan fingerprint density at radius 1 is 1.05 bits per heavy atom. The highest BCUT2D eigenvalue weighted by atomic mass is 32.2. The summed E-state index contributed by atoms with van der Waals surface area (Å²) in [5.74, 6) is 0.361. The number of hydrogen-bond donors (Lipinski definition) is 0. The summed E-state index contributed by atoms with van der Waals surface area (Å²) in [7, 11) is -3.28. The molecule has 6 heteroatoms. The molecule has 1 heterocycles. The fraction of sp³-hybridized carbons (Fsp3) is 0.154. The molecule has 2 aromatic rings. The number of rotatable bonds is 5. The monoisotopic (exact) mass is 295 g/mol. The fourth-order valence-corrected chi connectivity index (χ4v) is 4.12. The lowest BCUT2D eigenvalue weighted by Gasteiger charge is -2.04. The van der Waals surface area contributed by atoms with Crippen molar-refractivity contribution in [2.24, 2.45) is 0 Å². The van der Waals surface area contributed by atoms with E-state index in [1.165, 1.54) is 18.0 Å². The van der Waals surface area contributed by atoms with Crippen LogP contribution in [0.2, 0.25) is 0 Å². The molecule has 0 N–H and O–H groups in total. The van der Waals surface area contributed by atoms with Gasteiger partial charge in [0.2, 0.25) is 0 Å². The predicted molar refractivity (Wildman–Crippen MR) is 74.6 cm³/mol. The minimum absolute atomic E-state index is 0.0105. The van der Waals surface area contributed by atoms with E-state index in [2.05, 4.69) is 0 Å². The highest BCUT2D eigenvalue weighted by molar-refractivity contribution is 8.00. The Morgan fingerprint density at radius 2 is 1.74 bits per heavy atom. The molecule has 0 radical (unpaired) electrons. The van der Waals surface area contributed by atoms with Gasteiger partial charge in [-0.1, -0.05) is 30.0 Å². The second-order valence-corrected chi connectivity index (χ2v) is 7.07. The number of pyridine rings is 1. The van der Waals surface area contributed by atoms with E-state index in [4.69, 9.17) is 0 Å². The fourth-order valence-electron chi connectivity index (χ4n) is 1.53. The summed E-state index contributed by atoms with van der Waals surface area (Å²) < 4.78 is 24.8. The van der Waals surface area contributed by atoms with E-state index in [1.807, 2.05) is 0 Å². The second kappa shape index (κ2) is 6.08. The largest absolute Gasteiger partial charge is 0.618 e. The molecule has 0 atom stereocenters. The summed E-state index contributed by atoms with van der Waals surface area (Å²) in [6.45, 7) is 0. The second-order valence-electron chi connectivity index (χ2n) is 3.85. The zero-order valence-corrected chi connectivity index (χ0v) is 11.7. The molecule has 0 aliphatic heterocycles. The summed E-state index contributed by atoms with van der Waals surface area (Å²) in [6.07, 6.45) is 1.40. The number of sulfone groups is 1. The number of benzene rings is 1. The zero-order valence-electron chi connectivity index (χ0n) is 10.1. The van der Waals surface area contributed by atoms with E-state index in [0.717, 1.165) is 4.73 Å². The average molecular weight is 295 g/mol. The van der Waals surface area contributed by atoms with Crippen LogP contribution in [0.3, 0.4) is 0 Å². The summed E-state index contributed by atoms with van der Waals surface area (Å²) >= 11 is 1.24. The van der Waals surface area contributed by atoms with Crippen molar-refractivity contribution in [2.75, 3.05) is 11.5 Å². The lowest BCUT2D eigenvalue weighted by molar-refractivity contribution is -0.645. The van der Waals surface area contributed by atoms with Gasteiger partial charge in [0.1, 0.15) is 0 Å². The van der Waals surface area contributed by atoms with Crippen LogP contribution in [-0.4, -0.2) is 19.9 Å². The van der Waals surface area contributed by atoms with E-state index < -0.39 is 9.84 Å². The van der Waals surface area contributed by atoms with Gasteiger partial charge in [-0.3, -0.25) is 0 Å². The maximum Gasteiger partial charge on any atom is 0.251 e. The number of thioether (sulfide) groups is 1. The number of aromatic nitrogens is 1. The van der Waals surface area contributed by atoms with Gasteiger partial charge in [0, 0.05) is 17.9 Å². The van der Waals surface area contributed by atoms with Crippen molar-refractivity contribution in [2.45, 2.75) is 9.92 Å². The van der Waals surface area contributed by atoms with Crippen LogP contribution in [0.15, 0.2) is 64.6 Å². The van der Waals surface area contributed by atoms with Crippen molar-refractivity contribution >= 4 is 21.6 Å². The third-order valence-corrected chi connectivity index (χ3v) is 5.50. The highest BCUT2D eigenvalue weighted by Gasteiger charge is 2.15. The summed E-state index contributed by atoms with van der Waals surface area (Å²) in [5, 5.41) is 11.9. The Hall–Kier alpha value is -1.53. The quantitative estimate of drug-likeness (QED) is 0.480. The summed E-state index contributed by atoms with van der Waals surface area (Å²) in [5.41, 5.74) is 0. The molecule has 0 fully saturated rings. The third-order valence-electron chi connectivity index (χ3n) is 2.49. The number of hydrogen-bond acceptors (Lipinski definition) is 4. The van der Waals surface area contributed by atoms with Crippen LogP contribution < -0.4 is 4.73 Å². The Labute approximate surface area is 116 Å². The van der Waals surface area contributed by atoms with E-state index in [9.17, 15) is 13.6 Å². The Kier molecular flexibility index (Phi) is 4.44. The lowest BCUT2D eigenvalue weighted by atomic mass is 10.4. The van der Waals surface area contributed by atoms with E-state index >= 15 is 0 Å². The van der Waals surface area contributed by atoms with Crippen LogP contribution in [0.25, 0.3) is 0 Å². The van der Waals surface area contributed by atoms with Gasteiger partial charge in [-0.2, -0.15) is 4.73 Å². The minimum Gasteiger partial charge on any atom is -0.618 e. The van der Waals surface area contributed by atoms with E-state index in [1.54, 1.807) is 48.5 Å². The molecule has 0 bridgehead atoms. The van der Waals surface area contributed by atoms with Crippen LogP contribution in [-0.2, 0) is 9.84 Å². The first kappa shape index (κ1) is 13.9. The summed E-state index contributed by atoms with van der Waals surface area (Å²) in [6, 6.07) is 13.4. The summed E-state index contributed by atoms with van der Waals surface area (Å²) in [4.78, 5) is 0.318. The van der Waals surface area contributed by atoms with Gasteiger partial charge in [-0.05, 0) is 18.2 Å². The SMILES string of the molecule is O=S(=O)(CCSc1cccc[n+]1[O-])c1ccccc1. The van der Waals surface area contributed by atoms with Gasteiger partial charge in [-0.15, -0.1) is 0 Å². The molecule has 2 rings (SSSR count). The smallest absolute Gasteiger partial charge is 0.251 e. The Balaban J connectivity index is 1.98. The molecule has 0 unspecified atom stereocenters. The third kappa shape index (κ3) is 3.71. The maximum atomic E-state index is 12.0. The molecule has 19 heavy (non-hydrogen) atoms. The van der Waals surface area contributed by atoms with Gasteiger partial charge in [0.25, 0.3) is 5.03 Å². The predicted octanol–water partition coefficient (Wildman–Crippen LogP) is 1.89. The van der Waals surface area contributed by atoms with Gasteiger partial charge in [0.05, 0.1) is 10.6 Å². The van der Waals surface area contributed by atoms with Crippen molar-refractivity contribution in [3.8, 4) is 0 Å². The van der Waals surface area contributed by atoms with Crippen LogP contribution in [0.1, 0.15) is 0 Å². The van der Waals surface area contributed by atoms with Crippen LogP contribution in [0.5, 0.6) is 0 Å². The van der Waals surface area contributed by atoms with Gasteiger partial charge in [0.15, 0.2) is 16.0 Å². The van der Waals surface area contributed by atoms with Crippen LogP contribution in [0, 0.1) is 5.21 Å². The Morgan fingerprint density at radius 3 is 2.42 bits per heavy atom. The Bertz CT molecular complexity index is 642. The average Bonchev–Trinajstić information content (AvgIpc) is 2.42. The first-order valence-electron chi connectivity index (χ1n) is 5.68. The van der Waals surface area contributed by atoms with E-state index in [0.29, 0.717) is 15.7 Å². The van der Waals surface area contributed by atoms with E-state index in [-0.39, 0.29) is 5.75 Å². The van der Waals surface area contributed by atoms with Crippen molar-refractivity contribution in [3.63, 3.8) is 0 Å². The van der Waals surface area contributed by atoms with Crippen molar-refractivity contribution in [1.29, 1.82) is 0 Å². The van der Waals surface area contributed by atoms with Crippen molar-refractivity contribution < 1.29 is 13.1 Å². The van der Waals surface area contributed by atoms with Crippen LogP contribution >= 0.6 is 11.8 Å². The molecule has 0 spiro atoms. The molecule has 0 aliphatic carbocycles.